The lowest BCUT2D eigenvalue weighted by Gasteiger charge is -2.29. The normalized spacial score (nSPS) is 30.3. The monoisotopic (exact) mass is 281 g/mol. The molecule has 0 spiro atoms. The van der Waals surface area contributed by atoms with Gasteiger partial charge in [0.15, 0.2) is 0 Å². The zero-order valence-electron chi connectivity index (χ0n) is 9.98. The molecule has 18 heavy (non-hydrogen) atoms. The van der Waals surface area contributed by atoms with Crippen LogP contribution in [0.25, 0.3) is 0 Å². The second kappa shape index (κ2) is 6.37. The molecule has 1 aliphatic carbocycles. The third-order valence-corrected chi connectivity index (χ3v) is 4.32. The van der Waals surface area contributed by atoms with Crippen molar-refractivity contribution >= 4 is 34.2 Å². The molecular formula is C13H15NO2S2. The summed E-state index contributed by atoms with van der Waals surface area (Å²) < 4.78 is 6.19. The Bertz CT molecular complexity index is 425. The van der Waals surface area contributed by atoms with Crippen LogP contribution in [0.2, 0.25) is 0 Å². The molecule has 5 heteroatoms. The Labute approximate surface area is 117 Å². The lowest BCUT2D eigenvalue weighted by Crippen LogP contribution is -2.27. The minimum Gasteiger partial charge on any atom is -0.365 e. The molecule has 1 saturated carbocycles. The minimum atomic E-state index is -0.0914. The molecule has 2 fully saturated rings. The Morgan fingerprint density at radius 1 is 1.56 bits per heavy atom. The molecule has 1 aliphatic heterocycles. The molecule has 0 aromatic rings. The van der Waals surface area contributed by atoms with Gasteiger partial charge in [0, 0.05) is 5.92 Å². The smallest absolute Gasteiger partial charge is 0.263 e. The Morgan fingerprint density at radius 3 is 3.00 bits per heavy atom. The van der Waals surface area contributed by atoms with Crippen molar-refractivity contribution in [2.75, 3.05) is 6.61 Å². The number of nitrogens with one attached hydrogen (secondary N) is 1. The molecule has 2 atom stereocenters. The molecule has 1 saturated heterocycles. The van der Waals surface area contributed by atoms with Gasteiger partial charge in [-0.3, -0.25) is 4.79 Å². The third-order valence-electron chi connectivity index (χ3n) is 3.14. The predicted molar refractivity (Wildman–Crippen MR) is 76.9 cm³/mol. The average Bonchev–Trinajstić information content (AvgIpc) is 2.67. The van der Waals surface area contributed by atoms with Crippen LogP contribution >= 0.6 is 24.0 Å². The van der Waals surface area contributed by atoms with Crippen molar-refractivity contribution in [3.05, 3.63) is 11.0 Å². The lowest BCUT2D eigenvalue weighted by atomic mass is 9.86. The summed E-state index contributed by atoms with van der Waals surface area (Å²) >= 11 is 6.30. The van der Waals surface area contributed by atoms with Crippen LogP contribution in [0.3, 0.4) is 0 Å². The largest absolute Gasteiger partial charge is 0.365 e. The number of carbonyl (C=O) groups excluding carboxylic acids is 1. The summed E-state index contributed by atoms with van der Waals surface area (Å²) in [5.74, 6) is 2.67. The van der Waals surface area contributed by atoms with Crippen LogP contribution in [-0.2, 0) is 9.53 Å². The van der Waals surface area contributed by atoms with E-state index in [1.807, 2.05) is 6.08 Å². The molecule has 1 N–H and O–H groups in total. The van der Waals surface area contributed by atoms with Crippen molar-refractivity contribution < 1.29 is 9.53 Å². The molecule has 3 nitrogen and oxygen atoms in total. The summed E-state index contributed by atoms with van der Waals surface area (Å²) in [6.45, 7) is 0.335. The van der Waals surface area contributed by atoms with Gasteiger partial charge in [-0.05, 0) is 12.8 Å². The van der Waals surface area contributed by atoms with Gasteiger partial charge in [-0.25, -0.2) is 0 Å². The second-order valence-corrected chi connectivity index (χ2v) is 6.10. The fourth-order valence-electron chi connectivity index (χ4n) is 2.31. The van der Waals surface area contributed by atoms with Crippen LogP contribution in [0.5, 0.6) is 0 Å². The van der Waals surface area contributed by atoms with Crippen LogP contribution < -0.4 is 5.32 Å². The van der Waals surface area contributed by atoms with Crippen molar-refractivity contribution in [3.8, 4) is 12.3 Å². The number of thioether (sulfide) groups is 1. The van der Waals surface area contributed by atoms with Crippen molar-refractivity contribution in [1.29, 1.82) is 0 Å². The van der Waals surface area contributed by atoms with Gasteiger partial charge in [-0.2, -0.15) is 0 Å². The Balaban J connectivity index is 2.05. The molecule has 1 heterocycles. The lowest BCUT2D eigenvalue weighted by molar-refractivity contribution is -0.115. The average molecular weight is 281 g/mol. The summed E-state index contributed by atoms with van der Waals surface area (Å²) in [5, 5.41) is 2.63. The first-order chi connectivity index (χ1) is 8.70. The van der Waals surface area contributed by atoms with E-state index in [-0.39, 0.29) is 17.9 Å². The first-order valence-corrected chi connectivity index (χ1v) is 7.23. The van der Waals surface area contributed by atoms with Gasteiger partial charge in [0.1, 0.15) is 10.9 Å². The van der Waals surface area contributed by atoms with E-state index in [0.717, 1.165) is 19.3 Å². The highest BCUT2D eigenvalue weighted by molar-refractivity contribution is 8.26. The maximum Gasteiger partial charge on any atom is 0.263 e. The quantitative estimate of drug-likeness (QED) is 0.489. The van der Waals surface area contributed by atoms with Gasteiger partial charge < -0.3 is 10.1 Å². The summed E-state index contributed by atoms with van der Waals surface area (Å²) in [6, 6.07) is 0. The molecule has 1 amide bonds. The number of ether oxygens (including phenoxy) is 1. The van der Waals surface area contributed by atoms with E-state index in [1.54, 1.807) is 0 Å². The number of thiocarbonyl (C=S) groups is 1. The molecule has 96 valence electrons. The third kappa shape index (κ3) is 3.35. The summed E-state index contributed by atoms with van der Waals surface area (Å²) in [4.78, 5) is 12.3. The number of terminal acetylenes is 1. The number of carbonyl (C=O) groups is 1. The first kappa shape index (κ1) is 13.6. The number of hydrogen-bond acceptors (Lipinski definition) is 4. The van der Waals surface area contributed by atoms with E-state index in [1.165, 1.54) is 18.2 Å². The molecule has 2 rings (SSSR count). The fourth-order valence-corrected chi connectivity index (χ4v) is 3.40. The van der Waals surface area contributed by atoms with Gasteiger partial charge in [0.05, 0.1) is 11.0 Å². The highest BCUT2D eigenvalue weighted by atomic mass is 32.2. The summed E-state index contributed by atoms with van der Waals surface area (Å²) in [6.07, 6.45) is 11.7. The van der Waals surface area contributed by atoms with E-state index in [0.29, 0.717) is 15.8 Å². The Hall–Kier alpha value is -0.830. The van der Waals surface area contributed by atoms with Gasteiger partial charge in [-0.1, -0.05) is 48.8 Å². The van der Waals surface area contributed by atoms with Crippen LogP contribution in [-0.4, -0.2) is 22.9 Å². The summed E-state index contributed by atoms with van der Waals surface area (Å²) in [5.41, 5.74) is 0. The zero-order valence-corrected chi connectivity index (χ0v) is 11.6. The van der Waals surface area contributed by atoms with E-state index < -0.39 is 0 Å². The van der Waals surface area contributed by atoms with Gasteiger partial charge in [-0.15, -0.1) is 6.42 Å². The number of hydrogen-bond donors (Lipinski definition) is 1. The molecule has 0 radical (unpaired) electrons. The maximum absolute atomic E-state index is 11.6. The van der Waals surface area contributed by atoms with Gasteiger partial charge in [0.25, 0.3) is 5.91 Å². The Kier molecular flexibility index (Phi) is 4.81. The standard InChI is InChI=1S/C13H15NO2S2/c1-2-7-16-10-6-4-3-5-9(10)8-11-12(15)14-13(17)18-11/h1,8-10H,3-7H2,(H,14,15,17)/b11-8-. The van der Waals surface area contributed by atoms with Gasteiger partial charge in [0.2, 0.25) is 0 Å². The molecular weight excluding hydrogens is 266 g/mol. The topological polar surface area (TPSA) is 38.3 Å². The maximum atomic E-state index is 11.6. The number of amides is 1. The van der Waals surface area contributed by atoms with Crippen LogP contribution in [0.15, 0.2) is 11.0 Å². The molecule has 2 aliphatic rings. The molecule has 0 aromatic heterocycles. The van der Waals surface area contributed by atoms with E-state index in [4.69, 9.17) is 23.4 Å². The fraction of sp³-hybridized carbons (Fsp3) is 0.538. The second-order valence-electron chi connectivity index (χ2n) is 4.38. The molecule has 0 aromatic carbocycles. The van der Waals surface area contributed by atoms with Crippen molar-refractivity contribution in [2.24, 2.45) is 5.92 Å². The van der Waals surface area contributed by atoms with Crippen molar-refractivity contribution in [3.63, 3.8) is 0 Å². The SMILES string of the molecule is C#CCOC1CCCCC1/C=C1\SC(=S)NC1=O. The van der Waals surface area contributed by atoms with Crippen molar-refractivity contribution in [1.82, 2.24) is 5.32 Å². The van der Waals surface area contributed by atoms with Crippen LogP contribution in [0.1, 0.15) is 25.7 Å². The van der Waals surface area contributed by atoms with Gasteiger partial charge >= 0.3 is 0 Å². The molecule has 2 unspecified atom stereocenters. The van der Waals surface area contributed by atoms with E-state index >= 15 is 0 Å². The molecule has 0 bridgehead atoms. The zero-order chi connectivity index (χ0) is 13.0. The highest BCUT2D eigenvalue weighted by Crippen LogP contribution is 2.32. The number of rotatable bonds is 3. The van der Waals surface area contributed by atoms with Crippen LogP contribution in [0, 0.1) is 18.3 Å². The van der Waals surface area contributed by atoms with E-state index in [2.05, 4.69) is 11.2 Å². The minimum absolute atomic E-state index is 0.0914. The first-order valence-electron chi connectivity index (χ1n) is 6.00. The predicted octanol–water partition coefficient (Wildman–Crippen LogP) is 2.23. The van der Waals surface area contributed by atoms with Crippen molar-refractivity contribution in [2.45, 2.75) is 31.8 Å². The Morgan fingerprint density at radius 2 is 2.33 bits per heavy atom. The van der Waals surface area contributed by atoms with E-state index in [9.17, 15) is 4.79 Å². The summed E-state index contributed by atoms with van der Waals surface area (Å²) in [7, 11) is 0. The highest BCUT2D eigenvalue weighted by Gasteiger charge is 2.28. The van der Waals surface area contributed by atoms with Crippen LogP contribution in [0.4, 0.5) is 0 Å².